The average Bonchev–Trinajstić information content (AvgIpc) is 3.13. The van der Waals surface area contributed by atoms with Crippen molar-refractivity contribution in [2.24, 2.45) is 0 Å². The maximum Gasteiger partial charge on any atom is 0.271 e. The molecule has 0 spiro atoms. The van der Waals surface area contributed by atoms with E-state index in [4.69, 9.17) is 0 Å². The van der Waals surface area contributed by atoms with Gasteiger partial charge in [0.2, 0.25) is 0 Å². The molecule has 0 bridgehead atoms. The molecule has 1 fully saturated rings. The molecule has 3 heterocycles. The molecule has 1 saturated heterocycles. The van der Waals surface area contributed by atoms with Gasteiger partial charge in [-0.3, -0.25) is 4.79 Å². The largest absolute Gasteiger partial charge is 0.349 e. The van der Waals surface area contributed by atoms with Gasteiger partial charge < -0.3 is 20.1 Å². The summed E-state index contributed by atoms with van der Waals surface area (Å²) in [5, 5.41) is 6.31. The molecular formula is C20H27N5O. The second-order valence-electron chi connectivity index (χ2n) is 7.22. The van der Waals surface area contributed by atoms with Crippen molar-refractivity contribution in [1.82, 2.24) is 25.1 Å². The van der Waals surface area contributed by atoms with Gasteiger partial charge in [-0.2, -0.15) is 0 Å². The Labute approximate surface area is 154 Å². The van der Waals surface area contributed by atoms with Crippen molar-refractivity contribution >= 4 is 5.91 Å². The molecule has 1 atom stereocenters. The second-order valence-corrected chi connectivity index (χ2v) is 7.22. The van der Waals surface area contributed by atoms with E-state index in [1.807, 2.05) is 6.20 Å². The third kappa shape index (κ3) is 3.97. The summed E-state index contributed by atoms with van der Waals surface area (Å²) >= 11 is 0. The first kappa shape index (κ1) is 17.2. The average molecular weight is 353 g/mol. The molecule has 26 heavy (non-hydrogen) atoms. The molecule has 0 radical (unpaired) electrons. The topological polar surface area (TPSA) is 62.2 Å². The van der Waals surface area contributed by atoms with Gasteiger partial charge in [-0.15, -0.1) is 0 Å². The third-order valence-corrected chi connectivity index (χ3v) is 5.39. The Morgan fingerprint density at radius 2 is 2.15 bits per heavy atom. The number of carbonyl (C=O) groups is 1. The van der Waals surface area contributed by atoms with Crippen LogP contribution in [0.3, 0.4) is 0 Å². The third-order valence-electron chi connectivity index (χ3n) is 5.39. The molecule has 1 aromatic carbocycles. The molecule has 0 unspecified atom stereocenters. The van der Waals surface area contributed by atoms with Crippen molar-refractivity contribution in [2.75, 3.05) is 32.7 Å². The molecule has 4 rings (SSSR count). The second kappa shape index (κ2) is 8.01. The first-order chi connectivity index (χ1) is 12.8. The lowest BCUT2D eigenvalue weighted by Crippen LogP contribution is -2.40. The predicted molar refractivity (Wildman–Crippen MR) is 101 cm³/mol. The highest BCUT2D eigenvalue weighted by Gasteiger charge is 2.21. The molecule has 1 amide bonds. The molecular weight excluding hydrogens is 326 g/mol. The molecule has 2 aromatic rings. The number of aromatic nitrogens is 2. The highest BCUT2D eigenvalue weighted by atomic mass is 16.1. The number of rotatable bonds is 5. The summed E-state index contributed by atoms with van der Waals surface area (Å²) in [6.45, 7) is 6.30. The van der Waals surface area contributed by atoms with Gasteiger partial charge in [0.05, 0.1) is 6.54 Å². The Bertz CT molecular complexity index is 718. The SMILES string of the molecule is O=C(NCCN1CCC[C@H](c2ccccc2)C1)c1cn2c(n1)CNCC2. The normalized spacial score (nSPS) is 20.5. The van der Waals surface area contributed by atoms with Crippen molar-refractivity contribution in [3.05, 3.63) is 53.6 Å². The number of carbonyl (C=O) groups excluding carboxylic acids is 1. The lowest BCUT2D eigenvalue weighted by atomic mass is 9.91. The highest BCUT2D eigenvalue weighted by Crippen LogP contribution is 2.26. The number of benzene rings is 1. The number of amides is 1. The zero-order valence-corrected chi connectivity index (χ0v) is 15.2. The molecule has 0 aliphatic carbocycles. The zero-order chi connectivity index (χ0) is 17.8. The van der Waals surface area contributed by atoms with E-state index in [0.29, 0.717) is 18.2 Å². The highest BCUT2D eigenvalue weighted by molar-refractivity contribution is 5.92. The van der Waals surface area contributed by atoms with Crippen molar-refractivity contribution < 1.29 is 4.79 Å². The van der Waals surface area contributed by atoms with Crippen LogP contribution in [-0.4, -0.2) is 53.1 Å². The van der Waals surface area contributed by atoms with E-state index in [2.05, 4.69) is 55.4 Å². The maximum atomic E-state index is 12.4. The van der Waals surface area contributed by atoms with Crippen LogP contribution in [0, 0.1) is 0 Å². The van der Waals surface area contributed by atoms with Crippen LogP contribution in [0.25, 0.3) is 0 Å². The molecule has 2 aliphatic heterocycles. The lowest BCUT2D eigenvalue weighted by molar-refractivity contribution is 0.0941. The van der Waals surface area contributed by atoms with E-state index >= 15 is 0 Å². The number of fused-ring (bicyclic) bond motifs is 1. The van der Waals surface area contributed by atoms with Gasteiger partial charge in [0, 0.05) is 38.9 Å². The van der Waals surface area contributed by atoms with E-state index < -0.39 is 0 Å². The summed E-state index contributed by atoms with van der Waals surface area (Å²) in [5.74, 6) is 1.49. The van der Waals surface area contributed by atoms with E-state index in [1.54, 1.807) is 0 Å². The molecule has 2 N–H and O–H groups in total. The minimum absolute atomic E-state index is 0.0662. The van der Waals surface area contributed by atoms with Crippen LogP contribution >= 0.6 is 0 Å². The molecule has 6 nitrogen and oxygen atoms in total. The summed E-state index contributed by atoms with van der Waals surface area (Å²) < 4.78 is 2.07. The van der Waals surface area contributed by atoms with Crippen LogP contribution in [-0.2, 0) is 13.1 Å². The quantitative estimate of drug-likeness (QED) is 0.857. The van der Waals surface area contributed by atoms with Gasteiger partial charge in [0.25, 0.3) is 5.91 Å². The number of hydrogen-bond donors (Lipinski definition) is 2. The standard InChI is InChI=1S/C20H27N5O/c26-20(18-15-25-12-8-21-13-19(25)23-18)22-9-11-24-10-4-7-17(14-24)16-5-2-1-3-6-16/h1-3,5-6,15,17,21H,4,7-14H2,(H,22,26)/t17-/m0/s1. The van der Waals surface area contributed by atoms with E-state index in [1.165, 1.54) is 18.4 Å². The van der Waals surface area contributed by atoms with Crippen LogP contribution in [0.15, 0.2) is 36.5 Å². The zero-order valence-electron chi connectivity index (χ0n) is 15.2. The number of hydrogen-bond acceptors (Lipinski definition) is 4. The number of imidazole rings is 1. The fourth-order valence-electron chi connectivity index (χ4n) is 3.97. The van der Waals surface area contributed by atoms with Gasteiger partial charge in [-0.1, -0.05) is 30.3 Å². The number of piperidine rings is 1. The number of likely N-dealkylation sites (tertiary alicyclic amines) is 1. The van der Waals surface area contributed by atoms with Crippen LogP contribution in [0.4, 0.5) is 0 Å². The smallest absolute Gasteiger partial charge is 0.271 e. The minimum Gasteiger partial charge on any atom is -0.349 e. The summed E-state index contributed by atoms with van der Waals surface area (Å²) in [6.07, 6.45) is 4.34. The molecule has 6 heteroatoms. The minimum atomic E-state index is -0.0662. The monoisotopic (exact) mass is 353 g/mol. The predicted octanol–water partition coefficient (Wildman–Crippen LogP) is 1.60. The van der Waals surface area contributed by atoms with Gasteiger partial charge in [-0.05, 0) is 30.9 Å². The Morgan fingerprint density at radius 1 is 1.27 bits per heavy atom. The number of nitrogens with one attached hydrogen (secondary N) is 2. The molecule has 0 saturated carbocycles. The summed E-state index contributed by atoms with van der Waals surface area (Å²) in [7, 11) is 0. The van der Waals surface area contributed by atoms with Crippen LogP contribution in [0.2, 0.25) is 0 Å². The van der Waals surface area contributed by atoms with Gasteiger partial charge in [0.15, 0.2) is 0 Å². The summed E-state index contributed by atoms with van der Waals surface area (Å²) in [5.41, 5.74) is 1.96. The number of nitrogens with zero attached hydrogens (tertiary/aromatic N) is 3. The van der Waals surface area contributed by atoms with E-state index in [0.717, 1.165) is 45.1 Å². The molecule has 138 valence electrons. The fourth-order valence-corrected chi connectivity index (χ4v) is 3.97. The summed E-state index contributed by atoms with van der Waals surface area (Å²) in [6, 6.07) is 10.8. The first-order valence-corrected chi connectivity index (χ1v) is 9.62. The first-order valence-electron chi connectivity index (χ1n) is 9.62. The van der Waals surface area contributed by atoms with Crippen molar-refractivity contribution in [3.8, 4) is 0 Å². The van der Waals surface area contributed by atoms with Crippen molar-refractivity contribution in [1.29, 1.82) is 0 Å². The Morgan fingerprint density at radius 3 is 3.00 bits per heavy atom. The van der Waals surface area contributed by atoms with Gasteiger partial charge >= 0.3 is 0 Å². The van der Waals surface area contributed by atoms with E-state index in [-0.39, 0.29) is 5.91 Å². The van der Waals surface area contributed by atoms with Gasteiger partial charge in [0.1, 0.15) is 11.5 Å². The fraction of sp³-hybridized carbons (Fsp3) is 0.500. The van der Waals surface area contributed by atoms with Crippen molar-refractivity contribution in [2.45, 2.75) is 31.8 Å². The lowest BCUT2D eigenvalue weighted by Gasteiger charge is -2.33. The van der Waals surface area contributed by atoms with Crippen molar-refractivity contribution in [3.63, 3.8) is 0 Å². The van der Waals surface area contributed by atoms with Crippen LogP contribution in [0.1, 0.15) is 40.6 Å². The van der Waals surface area contributed by atoms with Gasteiger partial charge in [-0.25, -0.2) is 4.98 Å². The van der Waals surface area contributed by atoms with Crippen LogP contribution < -0.4 is 10.6 Å². The van der Waals surface area contributed by atoms with Crippen LogP contribution in [0.5, 0.6) is 0 Å². The molecule has 1 aromatic heterocycles. The van der Waals surface area contributed by atoms with E-state index in [9.17, 15) is 4.79 Å². The Hall–Kier alpha value is -2.18. The molecule has 2 aliphatic rings. The Kier molecular flexibility index (Phi) is 5.32. The maximum absolute atomic E-state index is 12.4. The summed E-state index contributed by atoms with van der Waals surface area (Å²) in [4.78, 5) is 19.3. The Balaban J connectivity index is 1.26.